The van der Waals surface area contributed by atoms with E-state index in [2.05, 4.69) is 9.72 Å². The highest BCUT2D eigenvalue weighted by Gasteiger charge is 2.10. The van der Waals surface area contributed by atoms with Gasteiger partial charge in [0.15, 0.2) is 0 Å². The molecule has 0 saturated heterocycles. The fourth-order valence-electron chi connectivity index (χ4n) is 1.21. The van der Waals surface area contributed by atoms with Crippen molar-refractivity contribution in [2.75, 3.05) is 13.4 Å². The number of aromatic nitrogens is 1. The quantitative estimate of drug-likeness (QED) is 0.596. The van der Waals surface area contributed by atoms with E-state index in [0.717, 1.165) is 15.1 Å². The van der Waals surface area contributed by atoms with Crippen LogP contribution in [0.1, 0.15) is 9.67 Å². The molecule has 0 saturated carbocycles. The van der Waals surface area contributed by atoms with Crippen LogP contribution >= 0.6 is 23.1 Å². The number of pyridine rings is 1. The number of hydrogen-bond acceptors (Lipinski definition) is 5. The van der Waals surface area contributed by atoms with E-state index < -0.39 is 0 Å². The summed E-state index contributed by atoms with van der Waals surface area (Å²) in [6, 6.07) is 3.79. The number of thioether (sulfide) groups is 1. The summed E-state index contributed by atoms with van der Waals surface area (Å²) >= 11 is 3.04. The number of methoxy groups -OCH3 is 1. The van der Waals surface area contributed by atoms with E-state index in [1.807, 2.05) is 12.3 Å². The molecule has 0 radical (unpaired) electrons. The van der Waals surface area contributed by atoms with Crippen LogP contribution < -0.4 is 0 Å². The van der Waals surface area contributed by atoms with Crippen LogP contribution in [0.15, 0.2) is 23.2 Å². The van der Waals surface area contributed by atoms with E-state index >= 15 is 0 Å². The maximum atomic E-state index is 11.3. The van der Waals surface area contributed by atoms with Crippen molar-refractivity contribution in [3.8, 4) is 0 Å². The Morgan fingerprint density at radius 1 is 1.53 bits per heavy atom. The van der Waals surface area contributed by atoms with E-state index in [1.54, 1.807) is 24.0 Å². The molecule has 0 aliphatic rings. The van der Waals surface area contributed by atoms with Crippen LogP contribution in [0.2, 0.25) is 0 Å². The minimum Gasteiger partial charge on any atom is -0.465 e. The van der Waals surface area contributed by atoms with Crippen LogP contribution in [-0.4, -0.2) is 24.3 Å². The number of hydrogen-bond donors (Lipinski definition) is 0. The van der Waals surface area contributed by atoms with Gasteiger partial charge in [0.05, 0.1) is 17.3 Å². The highest BCUT2D eigenvalue weighted by atomic mass is 32.2. The lowest BCUT2D eigenvalue weighted by Gasteiger charge is -1.93. The average molecular weight is 239 g/mol. The summed E-state index contributed by atoms with van der Waals surface area (Å²) in [5.41, 5.74) is 0.846. The maximum absolute atomic E-state index is 11.3. The van der Waals surface area contributed by atoms with Gasteiger partial charge in [0, 0.05) is 11.1 Å². The molecule has 0 aliphatic heterocycles. The predicted molar refractivity (Wildman–Crippen MR) is 62.7 cm³/mol. The molecule has 3 nitrogen and oxygen atoms in total. The Hall–Kier alpha value is -1.07. The largest absolute Gasteiger partial charge is 0.465 e. The Bertz CT molecular complexity index is 507. The van der Waals surface area contributed by atoms with Crippen LogP contribution in [0, 0.1) is 0 Å². The number of ether oxygens (including phenoxy) is 1. The molecule has 0 aromatic carbocycles. The molecule has 0 fully saturated rings. The first-order valence-electron chi connectivity index (χ1n) is 4.26. The van der Waals surface area contributed by atoms with Crippen LogP contribution in [0.25, 0.3) is 10.2 Å². The smallest absolute Gasteiger partial charge is 0.348 e. The van der Waals surface area contributed by atoms with Gasteiger partial charge in [0.1, 0.15) is 4.88 Å². The average Bonchev–Trinajstić information content (AvgIpc) is 2.70. The number of rotatable bonds is 2. The Labute approximate surface area is 95.5 Å². The van der Waals surface area contributed by atoms with E-state index in [0.29, 0.717) is 4.88 Å². The predicted octanol–water partition coefficient (Wildman–Crippen LogP) is 2.80. The number of esters is 1. The Balaban J connectivity index is 2.51. The van der Waals surface area contributed by atoms with E-state index in [4.69, 9.17) is 0 Å². The number of carbonyl (C=O) groups excluding carboxylic acids is 1. The summed E-state index contributed by atoms with van der Waals surface area (Å²) in [5.74, 6) is -0.302. The number of nitrogens with zero attached hydrogens (tertiary/aromatic N) is 1. The third kappa shape index (κ3) is 1.98. The zero-order valence-electron chi connectivity index (χ0n) is 8.31. The minimum atomic E-state index is -0.302. The Kier molecular flexibility index (Phi) is 2.93. The molecule has 0 spiro atoms. The Morgan fingerprint density at radius 2 is 2.33 bits per heavy atom. The molecule has 2 heterocycles. The fourth-order valence-corrected chi connectivity index (χ4v) is 2.66. The van der Waals surface area contributed by atoms with Crippen molar-refractivity contribution >= 4 is 39.3 Å². The van der Waals surface area contributed by atoms with Gasteiger partial charge in [-0.2, -0.15) is 0 Å². The molecule has 0 aliphatic carbocycles. The summed E-state index contributed by atoms with van der Waals surface area (Å²) in [6.45, 7) is 0. The minimum absolute atomic E-state index is 0.302. The molecule has 2 aromatic rings. The number of fused-ring (bicyclic) bond motifs is 1. The summed E-state index contributed by atoms with van der Waals surface area (Å²) in [7, 11) is 1.38. The van der Waals surface area contributed by atoms with Gasteiger partial charge in [-0.1, -0.05) is 0 Å². The van der Waals surface area contributed by atoms with Crippen molar-refractivity contribution < 1.29 is 9.53 Å². The second-order valence-corrected chi connectivity index (χ2v) is 4.82. The number of carbonyl (C=O) groups is 1. The molecule has 0 unspecified atom stereocenters. The standard InChI is InChI=1S/C10H9NO2S2/c1-13-10(12)9-4-7-8(15-9)3-6(14-2)5-11-7/h3-5H,1-2H3. The first-order chi connectivity index (χ1) is 7.24. The lowest BCUT2D eigenvalue weighted by atomic mass is 10.4. The van der Waals surface area contributed by atoms with Gasteiger partial charge < -0.3 is 4.74 Å². The third-order valence-corrected chi connectivity index (χ3v) is 3.71. The van der Waals surface area contributed by atoms with Crippen LogP contribution in [0.5, 0.6) is 0 Å². The van der Waals surface area contributed by atoms with Crippen LogP contribution in [-0.2, 0) is 4.74 Å². The van der Waals surface area contributed by atoms with Gasteiger partial charge in [0.25, 0.3) is 0 Å². The third-order valence-electron chi connectivity index (χ3n) is 1.97. The zero-order valence-corrected chi connectivity index (χ0v) is 9.95. The highest BCUT2D eigenvalue weighted by Crippen LogP contribution is 2.27. The fraction of sp³-hybridized carbons (Fsp3) is 0.200. The molecule has 2 rings (SSSR count). The SMILES string of the molecule is COC(=O)c1cc2ncc(SC)cc2s1. The summed E-state index contributed by atoms with van der Waals surface area (Å²) < 4.78 is 5.68. The lowest BCUT2D eigenvalue weighted by molar-refractivity contribution is 0.0606. The maximum Gasteiger partial charge on any atom is 0.348 e. The summed E-state index contributed by atoms with van der Waals surface area (Å²) in [6.07, 6.45) is 3.80. The topological polar surface area (TPSA) is 39.2 Å². The number of thiophene rings is 1. The van der Waals surface area contributed by atoms with Gasteiger partial charge in [-0.05, 0) is 18.4 Å². The van der Waals surface area contributed by atoms with Crippen molar-refractivity contribution in [2.45, 2.75) is 4.90 Å². The summed E-state index contributed by atoms with van der Waals surface area (Å²) in [4.78, 5) is 17.3. The monoisotopic (exact) mass is 239 g/mol. The molecule has 15 heavy (non-hydrogen) atoms. The van der Waals surface area contributed by atoms with Crippen molar-refractivity contribution in [1.29, 1.82) is 0 Å². The molecule has 78 valence electrons. The lowest BCUT2D eigenvalue weighted by Crippen LogP contribution is -1.96. The zero-order chi connectivity index (χ0) is 10.8. The van der Waals surface area contributed by atoms with Gasteiger partial charge in [-0.3, -0.25) is 4.98 Å². The van der Waals surface area contributed by atoms with Gasteiger partial charge >= 0.3 is 5.97 Å². The van der Waals surface area contributed by atoms with Gasteiger partial charge in [0.2, 0.25) is 0 Å². The molecule has 0 bridgehead atoms. The van der Waals surface area contributed by atoms with Gasteiger partial charge in [-0.25, -0.2) is 4.79 Å². The van der Waals surface area contributed by atoms with E-state index in [-0.39, 0.29) is 5.97 Å². The van der Waals surface area contributed by atoms with Crippen molar-refractivity contribution in [1.82, 2.24) is 4.98 Å². The highest BCUT2D eigenvalue weighted by molar-refractivity contribution is 7.98. The molecule has 0 N–H and O–H groups in total. The molecule has 2 aromatic heterocycles. The summed E-state index contributed by atoms with van der Waals surface area (Å²) in [5, 5.41) is 0. The first kappa shape index (κ1) is 10.4. The van der Waals surface area contributed by atoms with Crippen molar-refractivity contribution in [3.63, 3.8) is 0 Å². The van der Waals surface area contributed by atoms with E-state index in [1.165, 1.54) is 18.4 Å². The second-order valence-electron chi connectivity index (χ2n) is 2.86. The van der Waals surface area contributed by atoms with Crippen LogP contribution in [0.3, 0.4) is 0 Å². The first-order valence-corrected chi connectivity index (χ1v) is 6.30. The normalized spacial score (nSPS) is 10.5. The Morgan fingerprint density at radius 3 is 3.00 bits per heavy atom. The molecule has 0 amide bonds. The van der Waals surface area contributed by atoms with Crippen molar-refractivity contribution in [3.05, 3.63) is 23.2 Å². The molecule has 5 heteroatoms. The van der Waals surface area contributed by atoms with Gasteiger partial charge in [-0.15, -0.1) is 23.1 Å². The van der Waals surface area contributed by atoms with Crippen LogP contribution in [0.4, 0.5) is 0 Å². The molecule has 0 atom stereocenters. The van der Waals surface area contributed by atoms with Crippen molar-refractivity contribution in [2.24, 2.45) is 0 Å². The molecular formula is C10H9NO2S2. The second kappa shape index (κ2) is 4.20. The van der Waals surface area contributed by atoms with E-state index in [9.17, 15) is 4.79 Å². The molecular weight excluding hydrogens is 230 g/mol.